The topological polar surface area (TPSA) is 61.0 Å². The molecule has 0 spiro atoms. The van der Waals surface area contributed by atoms with Crippen LogP contribution in [0.1, 0.15) is 5.82 Å². The maximum atomic E-state index is 12.4. The molecular formula is C8H6FN3O2. The Morgan fingerprint density at radius 1 is 1.36 bits per heavy atom. The van der Waals surface area contributed by atoms with Gasteiger partial charge in [0.1, 0.15) is 5.75 Å². The highest BCUT2D eigenvalue weighted by molar-refractivity contribution is 5.16. The summed E-state index contributed by atoms with van der Waals surface area (Å²) in [4.78, 5) is 7.17. The van der Waals surface area contributed by atoms with E-state index in [1.54, 1.807) is 0 Å². The molecule has 0 aliphatic rings. The molecule has 0 amide bonds. The molecule has 2 aromatic heterocycles. The number of hydrogen-bond acceptors (Lipinski definition) is 5. The largest absolute Gasteiger partial charge is 0.484 e. The fraction of sp³-hybridized carbons (Fsp3) is 0.125. The van der Waals surface area contributed by atoms with Crippen LogP contribution < -0.4 is 4.74 Å². The second-order valence-corrected chi connectivity index (χ2v) is 2.45. The molecule has 0 saturated carbocycles. The van der Waals surface area contributed by atoms with E-state index in [0.29, 0.717) is 11.6 Å². The highest BCUT2D eigenvalue weighted by Gasteiger charge is 2.00. The predicted molar refractivity (Wildman–Crippen MR) is 42.8 cm³/mol. The van der Waals surface area contributed by atoms with Crippen molar-refractivity contribution < 1.29 is 13.7 Å². The van der Waals surface area contributed by atoms with E-state index >= 15 is 0 Å². The number of halogens is 1. The summed E-state index contributed by atoms with van der Waals surface area (Å²) in [7, 11) is 0. The van der Waals surface area contributed by atoms with Gasteiger partial charge in [-0.05, 0) is 12.1 Å². The first-order valence-corrected chi connectivity index (χ1v) is 3.84. The number of hydrogen-bond donors (Lipinski definition) is 0. The van der Waals surface area contributed by atoms with Crippen molar-refractivity contribution in [2.24, 2.45) is 0 Å². The molecule has 2 aromatic rings. The minimum absolute atomic E-state index is 0.170. The fourth-order valence-corrected chi connectivity index (χ4v) is 0.852. The maximum Gasteiger partial charge on any atom is 0.213 e. The molecule has 14 heavy (non-hydrogen) atoms. The van der Waals surface area contributed by atoms with Gasteiger partial charge in [0.2, 0.25) is 18.2 Å². The molecule has 0 unspecified atom stereocenters. The second kappa shape index (κ2) is 3.82. The third-order valence-electron chi connectivity index (χ3n) is 1.48. The lowest BCUT2D eigenvalue weighted by Gasteiger charge is -2.01. The average Bonchev–Trinajstić information content (AvgIpc) is 2.70. The summed E-state index contributed by atoms with van der Waals surface area (Å²) in [5, 5.41) is 3.54. The Kier molecular flexibility index (Phi) is 2.35. The van der Waals surface area contributed by atoms with Crippen molar-refractivity contribution in [1.82, 2.24) is 15.1 Å². The van der Waals surface area contributed by atoms with Crippen LogP contribution in [0.5, 0.6) is 5.75 Å². The van der Waals surface area contributed by atoms with Crippen molar-refractivity contribution >= 4 is 0 Å². The lowest BCUT2D eigenvalue weighted by molar-refractivity contribution is 0.284. The summed E-state index contributed by atoms with van der Waals surface area (Å²) >= 11 is 0. The van der Waals surface area contributed by atoms with Gasteiger partial charge < -0.3 is 9.26 Å². The highest BCUT2D eigenvalue weighted by atomic mass is 19.1. The van der Waals surface area contributed by atoms with E-state index < -0.39 is 5.95 Å². The zero-order chi connectivity index (χ0) is 9.80. The molecule has 0 radical (unpaired) electrons. The molecule has 0 aliphatic carbocycles. The van der Waals surface area contributed by atoms with Crippen molar-refractivity contribution in [3.63, 3.8) is 0 Å². The van der Waals surface area contributed by atoms with Crippen LogP contribution in [0.3, 0.4) is 0 Å². The molecule has 6 heteroatoms. The summed E-state index contributed by atoms with van der Waals surface area (Å²) in [6, 6.07) is 2.69. The van der Waals surface area contributed by atoms with Crippen molar-refractivity contribution in [3.8, 4) is 5.75 Å². The first-order valence-electron chi connectivity index (χ1n) is 3.84. The van der Waals surface area contributed by atoms with Gasteiger partial charge in [-0.2, -0.15) is 9.37 Å². The molecule has 5 nitrogen and oxygen atoms in total. The van der Waals surface area contributed by atoms with E-state index in [4.69, 9.17) is 4.74 Å². The third kappa shape index (κ3) is 2.03. The summed E-state index contributed by atoms with van der Waals surface area (Å²) < 4.78 is 22.1. The Labute approximate surface area is 78.5 Å². The van der Waals surface area contributed by atoms with Crippen LogP contribution in [0.2, 0.25) is 0 Å². The lowest BCUT2D eigenvalue weighted by Crippen LogP contribution is -1.97. The van der Waals surface area contributed by atoms with Gasteiger partial charge in [0, 0.05) is 0 Å². The van der Waals surface area contributed by atoms with E-state index in [1.807, 2.05) is 0 Å². The van der Waals surface area contributed by atoms with E-state index in [1.165, 1.54) is 24.7 Å². The monoisotopic (exact) mass is 195 g/mol. The van der Waals surface area contributed by atoms with Crippen molar-refractivity contribution in [2.45, 2.75) is 6.61 Å². The van der Waals surface area contributed by atoms with Gasteiger partial charge in [-0.25, -0.2) is 4.98 Å². The second-order valence-electron chi connectivity index (χ2n) is 2.45. The first kappa shape index (κ1) is 8.61. The molecule has 0 bridgehead atoms. The Bertz CT molecular complexity index is 387. The van der Waals surface area contributed by atoms with Crippen molar-refractivity contribution in [1.29, 1.82) is 0 Å². The smallest absolute Gasteiger partial charge is 0.213 e. The third-order valence-corrected chi connectivity index (χ3v) is 1.48. The van der Waals surface area contributed by atoms with E-state index in [9.17, 15) is 4.39 Å². The molecule has 2 rings (SSSR count). The molecule has 0 fully saturated rings. The predicted octanol–water partition coefficient (Wildman–Crippen LogP) is 1.18. The minimum atomic E-state index is -0.545. The fourth-order valence-electron chi connectivity index (χ4n) is 0.852. The normalized spacial score (nSPS) is 10.1. The Morgan fingerprint density at radius 3 is 2.93 bits per heavy atom. The summed E-state index contributed by atoms with van der Waals surface area (Å²) in [6.45, 7) is 0.170. The summed E-state index contributed by atoms with van der Waals surface area (Å²) in [6.07, 6.45) is 2.50. The highest BCUT2D eigenvalue weighted by Crippen LogP contribution is 2.09. The van der Waals surface area contributed by atoms with Gasteiger partial charge in [-0.1, -0.05) is 5.16 Å². The van der Waals surface area contributed by atoms with E-state index in [-0.39, 0.29) is 6.61 Å². The number of nitrogens with zero attached hydrogens (tertiary/aromatic N) is 3. The van der Waals surface area contributed by atoms with Crippen LogP contribution in [0.4, 0.5) is 4.39 Å². The molecule has 0 saturated heterocycles. The average molecular weight is 195 g/mol. The van der Waals surface area contributed by atoms with E-state index in [2.05, 4.69) is 19.6 Å². The Hall–Kier alpha value is -1.98. The minimum Gasteiger partial charge on any atom is -0.484 e. The number of ether oxygens (including phenoxy) is 1. The summed E-state index contributed by atoms with van der Waals surface area (Å²) in [5.41, 5.74) is 0. The SMILES string of the molecule is Fc1ccc(OCc2ncon2)cn1. The number of pyridine rings is 1. The van der Waals surface area contributed by atoms with Crippen LogP contribution in [-0.4, -0.2) is 15.1 Å². The van der Waals surface area contributed by atoms with Gasteiger partial charge in [-0.3, -0.25) is 0 Å². The lowest BCUT2D eigenvalue weighted by atomic mass is 10.4. The zero-order valence-electron chi connectivity index (χ0n) is 7.05. The molecule has 0 aromatic carbocycles. The van der Waals surface area contributed by atoms with Gasteiger partial charge in [0.15, 0.2) is 6.61 Å². The molecular weight excluding hydrogens is 189 g/mol. The van der Waals surface area contributed by atoms with Crippen LogP contribution in [0.25, 0.3) is 0 Å². The van der Waals surface area contributed by atoms with E-state index in [0.717, 1.165) is 0 Å². The van der Waals surface area contributed by atoms with Crippen LogP contribution in [0.15, 0.2) is 29.2 Å². The van der Waals surface area contributed by atoms with Crippen LogP contribution in [0, 0.1) is 5.95 Å². The molecule has 72 valence electrons. The molecule has 2 heterocycles. The first-order chi connectivity index (χ1) is 6.84. The molecule has 0 N–H and O–H groups in total. The maximum absolute atomic E-state index is 12.4. The van der Waals surface area contributed by atoms with Gasteiger partial charge in [0.05, 0.1) is 6.20 Å². The van der Waals surface area contributed by atoms with Crippen LogP contribution in [-0.2, 0) is 6.61 Å². The Morgan fingerprint density at radius 2 is 2.29 bits per heavy atom. The van der Waals surface area contributed by atoms with Gasteiger partial charge in [0.25, 0.3) is 0 Å². The van der Waals surface area contributed by atoms with Crippen molar-refractivity contribution in [3.05, 3.63) is 36.5 Å². The Balaban J connectivity index is 1.95. The molecule has 0 atom stereocenters. The standard InChI is InChI=1S/C8H6FN3O2/c9-7-2-1-6(3-10-7)13-4-8-11-5-14-12-8/h1-3,5H,4H2. The van der Waals surface area contributed by atoms with Crippen LogP contribution >= 0.6 is 0 Å². The molecule has 0 aliphatic heterocycles. The van der Waals surface area contributed by atoms with Gasteiger partial charge >= 0.3 is 0 Å². The number of rotatable bonds is 3. The van der Waals surface area contributed by atoms with Crippen molar-refractivity contribution in [2.75, 3.05) is 0 Å². The van der Waals surface area contributed by atoms with Gasteiger partial charge in [-0.15, -0.1) is 0 Å². The number of aromatic nitrogens is 3. The zero-order valence-corrected chi connectivity index (χ0v) is 7.05. The quantitative estimate of drug-likeness (QED) is 0.688. The summed E-state index contributed by atoms with van der Waals surface area (Å²) in [5.74, 6) is 0.336.